The molecule has 0 unspecified atom stereocenters. The van der Waals surface area contributed by atoms with Gasteiger partial charge in [0.05, 0.1) is 22.4 Å². The van der Waals surface area contributed by atoms with Crippen molar-refractivity contribution in [3.8, 4) is 0 Å². The quantitative estimate of drug-likeness (QED) is 0.221. The average molecular weight is 473 g/mol. The van der Waals surface area contributed by atoms with Crippen molar-refractivity contribution >= 4 is 51.8 Å². The molecule has 2 amide bonds. The summed E-state index contributed by atoms with van der Waals surface area (Å²) in [6.45, 7) is 0. The summed E-state index contributed by atoms with van der Waals surface area (Å²) in [6, 6.07) is 23.7. The summed E-state index contributed by atoms with van der Waals surface area (Å²) in [4.78, 5) is 35.7. The second kappa shape index (κ2) is 9.93. The average Bonchev–Trinajstić information content (AvgIpc) is 2.84. The van der Waals surface area contributed by atoms with Crippen LogP contribution in [0.15, 0.2) is 90.0 Å². The second-order valence-electron chi connectivity index (χ2n) is 7.19. The third kappa shape index (κ3) is 4.92. The number of nitrogens with one attached hydrogen (secondary N) is 2. The number of rotatable bonds is 6. The van der Waals surface area contributed by atoms with Crippen molar-refractivity contribution in [2.75, 3.05) is 5.32 Å². The van der Waals surface area contributed by atoms with Crippen LogP contribution in [0.3, 0.4) is 0 Å². The summed E-state index contributed by atoms with van der Waals surface area (Å²) in [5.74, 6) is -1.09. The molecule has 0 aromatic heterocycles. The third-order valence-corrected chi connectivity index (χ3v) is 5.32. The van der Waals surface area contributed by atoms with E-state index in [2.05, 4.69) is 15.8 Å². The number of fused-ring (bicyclic) bond motifs is 1. The van der Waals surface area contributed by atoms with Gasteiger partial charge in [0.25, 0.3) is 17.5 Å². The number of carbonyl (C=O) groups excluding carboxylic acids is 2. The predicted octanol–water partition coefficient (Wildman–Crippen LogP) is 5.42. The molecular weight excluding hydrogens is 456 g/mol. The molecule has 0 heterocycles. The lowest BCUT2D eigenvalue weighted by Crippen LogP contribution is -2.21. The van der Waals surface area contributed by atoms with Gasteiger partial charge in [-0.2, -0.15) is 5.10 Å². The molecule has 0 aliphatic heterocycles. The summed E-state index contributed by atoms with van der Waals surface area (Å²) >= 11 is 5.90. The van der Waals surface area contributed by atoms with Gasteiger partial charge in [0.15, 0.2) is 0 Å². The lowest BCUT2D eigenvalue weighted by Gasteiger charge is -2.10. The van der Waals surface area contributed by atoms with E-state index in [1.807, 2.05) is 42.5 Å². The Hall–Kier alpha value is -4.56. The molecule has 8 nitrogen and oxygen atoms in total. The van der Waals surface area contributed by atoms with Crippen molar-refractivity contribution in [3.05, 3.63) is 117 Å². The van der Waals surface area contributed by atoms with Gasteiger partial charge in [0, 0.05) is 17.2 Å². The highest BCUT2D eigenvalue weighted by molar-refractivity contribution is 6.33. The summed E-state index contributed by atoms with van der Waals surface area (Å²) in [6.07, 6.45) is 1.56. The zero-order chi connectivity index (χ0) is 24.1. The normalized spacial score (nSPS) is 10.9. The van der Waals surface area contributed by atoms with E-state index in [4.69, 9.17) is 11.6 Å². The molecule has 0 aliphatic rings. The van der Waals surface area contributed by atoms with E-state index in [0.717, 1.165) is 22.4 Å². The number of hydrogen-bond donors (Lipinski definition) is 2. The molecule has 168 valence electrons. The minimum absolute atomic E-state index is 0.111. The van der Waals surface area contributed by atoms with Crippen molar-refractivity contribution in [1.82, 2.24) is 5.43 Å². The molecule has 4 rings (SSSR count). The number of halogens is 1. The van der Waals surface area contributed by atoms with Gasteiger partial charge in [-0.3, -0.25) is 19.7 Å². The van der Waals surface area contributed by atoms with Crippen LogP contribution in [0.2, 0.25) is 5.02 Å². The maximum Gasteiger partial charge on any atom is 0.287 e. The van der Waals surface area contributed by atoms with E-state index < -0.39 is 16.7 Å². The molecule has 0 atom stereocenters. The van der Waals surface area contributed by atoms with Gasteiger partial charge in [-0.05, 0) is 35.0 Å². The smallest absolute Gasteiger partial charge is 0.287 e. The van der Waals surface area contributed by atoms with Crippen molar-refractivity contribution in [1.29, 1.82) is 0 Å². The first kappa shape index (κ1) is 22.6. The van der Waals surface area contributed by atoms with Gasteiger partial charge in [0.2, 0.25) is 0 Å². The molecule has 9 heteroatoms. The number of amides is 2. The molecular formula is C25H17ClN4O4. The zero-order valence-corrected chi connectivity index (χ0v) is 18.3. The summed E-state index contributed by atoms with van der Waals surface area (Å²) in [7, 11) is 0. The maximum absolute atomic E-state index is 12.7. The van der Waals surface area contributed by atoms with Gasteiger partial charge in [-0.25, -0.2) is 5.43 Å². The van der Waals surface area contributed by atoms with Gasteiger partial charge in [-0.15, -0.1) is 0 Å². The number of hydrazone groups is 1. The number of nitrogens with zero attached hydrogens (tertiary/aromatic N) is 2. The fraction of sp³-hybridized carbons (Fsp3) is 0. The van der Waals surface area contributed by atoms with E-state index in [9.17, 15) is 19.7 Å². The first-order chi connectivity index (χ1) is 16.4. The van der Waals surface area contributed by atoms with Crippen LogP contribution in [0.5, 0.6) is 0 Å². The third-order valence-electron chi connectivity index (χ3n) is 5.02. The summed E-state index contributed by atoms with van der Waals surface area (Å²) in [5.41, 5.74) is 3.57. The fourth-order valence-electron chi connectivity index (χ4n) is 3.36. The number of para-hydroxylation sites is 1. The van der Waals surface area contributed by atoms with E-state index in [0.29, 0.717) is 0 Å². The van der Waals surface area contributed by atoms with Crippen LogP contribution in [0, 0.1) is 10.1 Å². The predicted molar refractivity (Wildman–Crippen MR) is 132 cm³/mol. The van der Waals surface area contributed by atoms with Gasteiger partial charge in [-0.1, -0.05) is 66.2 Å². The highest BCUT2D eigenvalue weighted by Crippen LogP contribution is 2.26. The minimum atomic E-state index is -0.636. The lowest BCUT2D eigenvalue weighted by molar-refractivity contribution is -0.384. The molecule has 2 N–H and O–H groups in total. The molecule has 34 heavy (non-hydrogen) atoms. The number of benzene rings is 4. The van der Waals surface area contributed by atoms with E-state index in [1.54, 1.807) is 30.5 Å². The van der Waals surface area contributed by atoms with Crippen LogP contribution in [0.4, 0.5) is 11.4 Å². The molecule has 0 fully saturated rings. The Morgan fingerprint density at radius 3 is 2.44 bits per heavy atom. The highest BCUT2D eigenvalue weighted by atomic mass is 35.5. The summed E-state index contributed by atoms with van der Waals surface area (Å²) < 4.78 is 0. The van der Waals surface area contributed by atoms with Crippen molar-refractivity contribution < 1.29 is 14.5 Å². The molecule has 4 aromatic rings. The van der Waals surface area contributed by atoms with E-state index in [-0.39, 0.29) is 27.5 Å². The monoisotopic (exact) mass is 472 g/mol. The fourth-order valence-corrected chi connectivity index (χ4v) is 3.61. The molecule has 0 bridgehead atoms. The van der Waals surface area contributed by atoms with Crippen molar-refractivity contribution in [2.45, 2.75) is 0 Å². The summed E-state index contributed by atoms with van der Waals surface area (Å²) in [5, 5.41) is 19.5. The first-order valence-electron chi connectivity index (χ1n) is 10.1. The molecule has 0 saturated heterocycles. The number of carbonyl (C=O) groups is 2. The lowest BCUT2D eigenvalue weighted by atomic mass is 10.1. The van der Waals surface area contributed by atoms with Crippen LogP contribution in [-0.2, 0) is 0 Å². The Bertz CT molecular complexity index is 1450. The Morgan fingerprint density at radius 2 is 1.65 bits per heavy atom. The van der Waals surface area contributed by atoms with E-state index >= 15 is 0 Å². The Morgan fingerprint density at radius 1 is 0.912 bits per heavy atom. The van der Waals surface area contributed by atoms with Gasteiger partial charge < -0.3 is 5.32 Å². The van der Waals surface area contributed by atoms with Crippen LogP contribution < -0.4 is 10.7 Å². The molecule has 4 aromatic carbocycles. The molecule has 0 radical (unpaired) electrons. The van der Waals surface area contributed by atoms with Crippen molar-refractivity contribution in [2.24, 2.45) is 5.10 Å². The second-order valence-corrected chi connectivity index (χ2v) is 7.60. The Balaban J connectivity index is 1.50. The number of hydrogen-bond acceptors (Lipinski definition) is 5. The Kier molecular flexibility index (Phi) is 6.61. The molecule has 0 spiro atoms. The molecule has 0 aliphatic carbocycles. The number of nitro benzene ring substituents is 1. The number of nitro groups is 1. The minimum Gasteiger partial charge on any atom is -0.321 e. The van der Waals surface area contributed by atoms with Gasteiger partial charge in [0.1, 0.15) is 5.02 Å². The standard InChI is InChI=1S/C25H17ClN4O4/c26-21-14-17(12-13-23(21)30(33)34)24(31)28-22-11-4-3-10-20(22)25(32)29-27-15-18-8-5-7-16-6-1-2-9-19(16)18/h1-15H,(H,28,31)(H,29,32)/b27-15-. The van der Waals surface area contributed by atoms with E-state index in [1.165, 1.54) is 12.1 Å². The molecule has 0 saturated carbocycles. The number of anilines is 1. The van der Waals surface area contributed by atoms with Gasteiger partial charge >= 0.3 is 0 Å². The van der Waals surface area contributed by atoms with Crippen LogP contribution in [0.1, 0.15) is 26.3 Å². The largest absolute Gasteiger partial charge is 0.321 e. The van der Waals surface area contributed by atoms with Crippen LogP contribution in [0.25, 0.3) is 10.8 Å². The first-order valence-corrected chi connectivity index (χ1v) is 10.5. The Labute approximate surface area is 199 Å². The van der Waals surface area contributed by atoms with Crippen molar-refractivity contribution in [3.63, 3.8) is 0 Å². The SMILES string of the molecule is O=C(Nc1ccccc1C(=O)N/N=C\c1cccc2ccccc12)c1ccc([N+](=O)[O-])c(Cl)c1. The zero-order valence-electron chi connectivity index (χ0n) is 17.6. The highest BCUT2D eigenvalue weighted by Gasteiger charge is 2.17. The van der Waals surface area contributed by atoms with Crippen LogP contribution >= 0.6 is 11.6 Å². The maximum atomic E-state index is 12.7. The van der Waals surface area contributed by atoms with Crippen LogP contribution in [-0.4, -0.2) is 23.0 Å². The topological polar surface area (TPSA) is 114 Å².